The van der Waals surface area contributed by atoms with E-state index in [4.69, 9.17) is 5.73 Å². The first-order valence-corrected chi connectivity index (χ1v) is 7.91. The van der Waals surface area contributed by atoms with E-state index in [-0.39, 0.29) is 5.91 Å². The molecule has 0 aliphatic rings. The van der Waals surface area contributed by atoms with E-state index in [1.165, 1.54) is 0 Å². The van der Waals surface area contributed by atoms with Gasteiger partial charge < -0.3 is 11.1 Å². The number of para-hydroxylation sites is 1. The van der Waals surface area contributed by atoms with Gasteiger partial charge in [-0.2, -0.15) is 5.10 Å². The number of carbonyl (C=O) groups excluding carboxylic acids is 1. The van der Waals surface area contributed by atoms with Gasteiger partial charge in [-0.05, 0) is 24.3 Å². The maximum Gasteiger partial charge on any atom is 0.276 e. The molecule has 0 unspecified atom stereocenters. The number of hydrogen-bond acceptors (Lipinski definition) is 4. The van der Waals surface area contributed by atoms with Gasteiger partial charge in [0.1, 0.15) is 5.69 Å². The Labute approximate surface area is 128 Å². The molecule has 0 saturated heterocycles. The van der Waals surface area contributed by atoms with Crippen molar-refractivity contribution in [3.63, 3.8) is 0 Å². The number of amides is 1. The highest BCUT2D eigenvalue weighted by Crippen LogP contribution is 2.27. The molecule has 0 bridgehead atoms. The SMILES string of the molecule is CCSc1ccccc1NC(=O)c1c(N)c(CC)nn1C. The van der Waals surface area contributed by atoms with Gasteiger partial charge in [-0.15, -0.1) is 11.8 Å². The number of nitrogens with one attached hydrogen (secondary N) is 1. The molecular weight excluding hydrogens is 284 g/mol. The van der Waals surface area contributed by atoms with Gasteiger partial charge >= 0.3 is 0 Å². The maximum atomic E-state index is 12.5. The maximum absolute atomic E-state index is 12.5. The average Bonchev–Trinajstić information content (AvgIpc) is 2.75. The topological polar surface area (TPSA) is 72.9 Å². The van der Waals surface area contributed by atoms with E-state index in [0.29, 0.717) is 17.8 Å². The fourth-order valence-corrected chi connectivity index (χ4v) is 2.92. The zero-order valence-corrected chi connectivity index (χ0v) is 13.3. The van der Waals surface area contributed by atoms with E-state index in [1.807, 2.05) is 31.2 Å². The van der Waals surface area contributed by atoms with Crippen LogP contribution in [0, 0.1) is 0 Å². The second kappa shape index (κ2) is 6.67. The van der Waals surface area contributed by atoms with Crippen LogP contribution >= 0.6 is 11.8 Å². The minimum atomic E-state index is -0.230. The van der Waals surface area contributed by atoms with Gasteiger partial charge in [0, 0.05) is 11.9 Å². The predicted molar refractivity (Wildman–Crippen MR) is 87.8 cm³/mol. The molecule has 1 heterocycles. The number of nitrogen functional groups attached to an aromatic ring is 1. The van der Waals surface area contributed by atoms with E-state index in [9.17, 15) is 4.79 Å². The molecule has 6 heteroatoms. The van der Waals surface area contributed by atoms with E-state index in [1.54, 1.807) is 23.5 Å². The number of aryl methyl sites for hydroxylation is 2. The largest absolute Gasteiger partial charge is 0.395 e. The molecule has 0 aliphatic carbocycles. The number of thioether (sulfide) groups is 1. The highest BCUT2D eigenvalue weighted by molar-refractivity contribution is 7.99. The summed E-state index contributed by atoms with van der Waals surface area (Å²) in [5.74, 6) is 0.715. The van der Waals surface area contributed by atoms with Crippen molar-refractivity contribution in [1.82, 2.24) is 9.78 Å². The van der Waals surface area contributed by atoms with Crippen LogP contribution in [0.15, 0.2) is 29.2 Å². The Bertz CT molecular complexity index is 651. The Hall–Kier alpha value is -1.95. The summed E-state index contributed by atoms with van der Waals surface area (Å²) in [7, 11) is 1.73. The van der Waals surface area contributed by atoms with Gasteiger partial charge in [0.2, 0.25) is 0 Å². The second-order valence-corrected chi connectivity index (χ2v) is 5.88. The van der Waals surface area contributed by atoms with Gasteiger partial charge in [-0.3, -0.25) is 9.48 Å². The number of carbonyl (C=O) groups is 1. The summed E-state index contributed by atoms with van der Waals surface area (Å²) in [6.07, 6.45) is 0.704. The summed E-state index contributed by atoms with van der Waals surface area (Å²) in [4.78, 5) is 13.5. The number of benzene rings is 1. The lowest BCUT2D eigenvalue weighted by molar-refractivity contribution is 0.101. The standard InChI is InChI=1S/C15H20N4OS/c1-4-10-13(16)14(19(3)18-10)15(20)17-11-8-6-7-9-12(11)21-5-2/h6-9H,4-5,16H2,1-3H3,(H,17,20). The Balaban J connectivity index is 2.29. The first-order chi connectivity index (χ1) is 10.1. The van der Waals surface area contributed by atoms with Crippen molar-refractivity contribution in [3.05, 3.63) is 35.7 Å². The van der Waals surface area contributed by atoms with Crippen LogP contribution in [0.3, 0.4) is 0 Å². The molecule has 2 rings (SSSR count). The molecule has 1 aromatic carbocycles. The summed E-state index contributed by atoms with van der Waals surface area (Å²) in [5, 5.41) is 7.21. The summed E-state index contributed by atoms with van der Waals surface area (Å²) in [5.41, 5.74) is 8.43. The molecule has 0 radical (unpaired) electrons. The average molecular weight is 304 g/mol. The zero-order valence-electron chi connectivity index (χ0n) is 12.5. The van der Waals surface area contributed by atoms with Crippen molar-refractivity contribution < 1.29 is 4.79 Å². The summed E-state index contributed by atoms with van der Waals surface area (Å²) >= 11 is 1.69. The molecule has 0 aliphatic heterocycles. The van der Waals surface area contributed by atoms with Crippen LogP contribution in [-0.2, 0) is 13.5 Å². The number of nitrogens with zero attached hydrogens (tertiary/aromatic N) is 2. The van der Waals surface area contributed by atoms with Crippen molar-refractivity contribution in [3.8, 4) is 0 Å². The number of rotatable bonds is 5. The van der Waals surface area contributed by atoms with Crippen LogP contribution in [0.25, 0.3) is 0 Å². The van der Waals surface area contributed by atoms with E-state index in [2.05, 4.69) is 17.3 Å². The molecule has 2 aromatic rings. The summed E-state index contributed by atoms with van der Waals surface area (Å²) in [6.45, 7) is 4.05. The van der Waals surface area contributed by atoms with E-state index in [0.717, 1.165) is 22.0 Å². The van der Waals surface area contributed by atoms with Crippen LogP contribution in [-0.4, -0.2) is 21.4 Å². The Kier molecular flexibility index (Phi) is 4.90. The van der Waals surface area contributed by atoms with Crippen molar-refractivity contribution >= 4 is 29.0 Å². The molecule has 5 nitrogen and oxygen atoms in total. The van der Waals surface area contributed by atoms with Gasteiger partial charge in [-0.25, -0.2) is 0 Å². The Morgan fingerprint density at radius 3 is 2.71 bits per heavy atom. The number of aromatic nitrogens is 2. The molecule has 3 N–H and O–H groups in total. The molecule has 112 valence electrons. The van der Waals surface area contributed by atoms with Crippen LogP contribution < -0.4 is 11.1 Å². The third-order valence-electron chi connectivity index (χ3n) is 3.15. The lowest BCUT2D eigenvalue weighted by atomic mass is 10.2. The Morgan fingerprint density at radius 2 is 2.10 bits per heavy atom. The minimum absolute atomic E-state index is 0.230. The third kappa shape index (κ3) is 3.21. The van der Waals surface area contributed by atoms with Crippen molar-refractivity contribution in [2.75, 3.05) is 16.8 Å². The third-order valence-corrected chi connectivity index (χ3v) is 4.10. The van der Waals surface area contributed by atoms with Crippen LogP contribution in [0.5, 0.6) is 0 Å². The lowest BCUT2D eigenvalue weighted by Gasteiger charge is -2.10. The monoisotopic (exact) mass is 304 g/mol. The molecule has 1 amide bonds. The van der Waals surface area contributed by atoms with Crippen molar-refractivity contribution in [2.45, 2.75) is 25.2 Å². The van der Waals surface area contributed by atoms with Crippen molar-refractivity contribution in [1.29, 1.82) is 0 Å². The summed E-state index contributed by atoms with van der Waals surface area (Å²) < 4.78 is 1.54. The van der Waals surface area contributed by atoms with E-state index >= 15 is 0 Å². The quantitative estimate of drug-likeness (QED) is 0.833. The van der Waals surface area contributed by atoms with Gasteiger partial charge in [0.15, 0.2) is 0 Å². The van der Waals surface area contributed by atoms with Gasteiger partial charge in [0.25, 0.3) is 5.91 Å². The van der Waals surface area contributed by atoms with Crippen molar-refractivity contribution in [2.24, 2.45) is 7.05 Å². The fraction of sp³-hybridized carbons (Fsp3) is 0.333. The van der Waals surface area contributed by atoms with E-state index < -0.39 is 0 Å². The van der Waals surface area contributed by atoms with Gasteiger partial charge in [-0.1, -0.05) is 26.0 Å². The molecule has 1 aromatic heterocycles. The highest BCUT2D eigenvalue weighted by Gasteiger charge is 2.19. The molecule has 21 heavy (non-hydrogen) atoms. The van der Waals surface area contributed by atoms with Crippen LogP contribution in [0.4, 0.5) is 11.4 Å². The summed E-state index contributed by atoms with van der Waals surface area (Å²) in [6, 6.07) is 7.75. The molecule has 0 saturated carbocycles. The minimum Gasteiger partial charge on any atom is -0.395 e. The second-order valence-electron chi connectivity index (χ2n) is 4.57. The van der Waals surface area contributed by atoms with Crippen LogP contribution in [0.1, 0.15) is 30.0 Å². The first-order valence-electron chi connectivity index (χ1n) is 6.93. The van der Waals surface area contributed by atoms with Crippen LogP contribution in [0.2, 0.25) is 0 Å². The number of nitrogens with two attached hydrogens (primary N) is 1. The lowest BCUT2D eigenvalue weighted by Crippen LogP contribution is -2.18. The molecule has 0 atom stereocenters. The molecular formula is C15H20N4OS. The fourth-order valence-electron chi connectivity index (χ4n) is 2.16. The van der Waals surface area contributed by atoms with Gasteiger partial charge in [0.05, 0.1) is 17.1 Å². The number of hydrogen-bond donors (Lipinski definition) is 2. The Morgan fingerprint density at radius 1 is 1.38 bits per heavy atom. The number of anilines is 2. The predicted octanol–water partition coefficient (Wildman–Crippen LogP) is 2.93. The normalized spacial score (nSPS) is 10.6. The first kappa shape index (κ1) is 15.4. The zero-order chi connectivity index (χ0) is 15.4. The molecule has 0 fully saturated rings. The molecule has 0 spiro atoms. The smallest absolute Gasteiger partial charge is 0.276 e. The highest BCUT2D eigenvalue weighted by atomic mass is 32.2.